The van der Waals surface area contributed by atoms with Gasteiger partial charge in [0.25, 0.3) is 0 Å². The minimum Gasteiger partial charge on any atom is -0.460 e. The van der Waals surface area contributed by atoms with Crippen LogP contribution in [0.5, 0.6) is 0 Å². The van der Waals surface area contributed by atoms with Crippen molar-refractivity contribution < 1.29 is 33.5 Å². The largest absolute Gasteiger partial charge is 0.460 e. The zero-order chi connectivity index (χ0) is 29.0. The number of likely N-dealkylation sites (tertiary alicyclic amines) is 1. The highest BCUT2D eigenvalue weighted by Crippen LogP contribution is 2.20. The van der Waals surface area contributed by atoms with E-state index in [1.807, 2.05) is 6.26 Å². The number of hydrogen-bond donors (Lipinski definition) is 5. The standard InChI is InChI=1S/C24H41N5O7S2/c1-14(30)26-15(8-9-19(31)36-24(2,3)4)21(33)27-16(10-12-38-5)23(35)29-11-6-7-18(29)22(34)28-17(13-37)20(25)32/h15-18,37H,6-13H2,1-5H3,(H2,25,32)(H,26,30)(H,27,33)(H,28,34)/t15?,16-,17+,18?/m0/s1. The van der Waals surface area contributed by atoms with Gasteiger partial charge >= 0.3 is 5.97 Å². The van der Waals surface area contributed by atoms with Gasteiger partial charge in [0.1, 0.15) is 29.8 Å². The van der Waals surface area contributed by atoms with Gasteiger partial charge in [-0.25, -0.2) is 0 Å². The normalized spacial score (nSPS) is 17.6. The summed E-state index contributed by atoms with van der Waals surface area (Å²) < 4.78 is 5.28. The molecule has 0 aliphatic carbocycles. The highest BCUT2D eigenvalue weighted by Gasteiger charge is 2.39. The van der Waals surface area contributed by atoms with Gasteiger partial charge in [0, 0.05) is 25.6 Å². The molecule has 0 aromatic carbocycles. The summed E-state index contributed by atoms with van der Waals surface area (Å²) in [4.78, 5) is 76.3. The smallest absolute Gasteiger partial charge is 0.306 e. The summed E-state index contributed by atoms with van der Waals surface area (Å²) in [7, 11) is 0. The van der Waals surface area contributed by atoms with Gasteiger partial charge in [0.2, 0.25) is 29.5 Å². The fourth-order valence-electron chi connectivity index (χ4n) is 3.91. The molecule has 0 spiro atoms. The Morgan fingerprint density at radius 1 is 1.05 bits per heavy atom. The quantitative estimate of drug-likeness (QED) is 0.139. The number of carbonyl (C=O) groups excluding carboxylic acids is 6. The van der Waals surface area contributed by atoms with E-state index in [0.29, 0.717) is 25.1 Å². The number of rotatable bonds is 14. The molecule has 12 nitrogen and oxygen atoms in total. The average molecular weight is 576 g/mol. The molecule has 5 amide bonds. The second-order valence-electron chi connectivity index (χ2n) is 10.1. The molecule has 4 atom stereocenters. The minimum atomic E-state index is -1.06. The first-order valence-electron chi connectivity index (χ1n) is 12.5. The number of thioether (sulfide) groups is 1. The Morgan fingerprint density at radius 2 is 1.71 bits per heavy atom. The second kappa shape index (κ2) is 15.8. The van der Waals surface area contributed by atoms with Gasteiger partial charge in [-0.3, -0.25) is 28.8 Å². The fraction of sp³-hybridized carbons (Fsp3) is 0.750. The molecule has 1 saturated heterocycles. The topological polar surface area (TPSA) is 177 Å². The number of esters is 1. The third-order valence-corrected chi connectivity index (χ3v) is 6.67. The Bertz CT molecular complexity index is 881. The first-order valence-corrected chi connectivity index (χ1v) is 14.5. The summed E-state index contributed by atoms with van der Waals surface area (Å²) in [5.74, 6) is -2.73. The maximum atomic E-state index is 13.5. The molecule has 0 aromatic rings. The van der Waals surface area contributed by atoms with Crippen LogP contribution in [-0.2, 0) is 33.5 Å². The first-order chi connectivity index (χ1) is 17.7. The van der Waals surface area contributed by atoms with Crippen molar-refractivity contribution >= 4 is 59.9 Å². The number of nitrogens with zero attached hydrogens (tertiary/aromatic N) is 1. The first kappa shape index (κ1) is 33.5. The van der Waals surface area contributed by atoms with Crippen LogP contribution >= 0.6 is 24.4 Å². The Labute approximate surface area is 233 Å². The molecule has 38 heavy (non-hydrogen) atoms. The van der Waals surface area contributed by atoms with Gasteiger partial charge in [-0.2, -0.15) is 24.4 Å². The molecule has 14 heteroatoms. The van der Waals surface area contributed by atoms with E-state index in [9.17, 15) is 28.8 Å². The maximum absolute atomic E-state index is 13.5. The molecule has 0 radical (unpaired) electrons. The summed E-state index contributed by atoms with van der Waals surface area (Å²) in [6.45, 7) is 6.73. The van der Waals surface area contributed by atoms with Crippen molar-refractivity contribution in [2.45, 2.75) is 89.6 Å². The molecule has 216 valence electrons. The molecule has 1 heterocycles. The summed E-state index contributed by atoms with van der Waals surface area (Å²) in [6, 6.07) is -3.82. The van der Waals surface area contributed by atoms with E-state index in [1.54, 1.807) is 20.8 Å². The molecule has 1 aliphatic heterocycles. The zero-order valence-electron chi connectivity index (χ0n) is 22.7. The number of ether oxygens (including phenoxy) is 1. The van der Waals surface area contributed by atoms with E-state index in [-0.39, 0.29) is 25.0 Å². The Hall–Kier alpha value is -2.48. The Kier molecular flexibility index (Phi) is 14.0. The van der Waals surface area contributed by atoms with Crippen LogP contribution < -0.4 is 21.7 Å². The number of carbonyl (C=O) groups is 6. The van der Waals surface area contributed by atoms with E-state index in [4.69, 9.17) is 10.5 Å². The fourth-order valence-corrected chi connectivity index (χ4v) is 4.65. The Balaban J connectivity index is 3.00. The van der Waals surface area contributed by atoms with Crippen molar-refractivity contribution in [2.75, 3.05) is 24.3 Å². The lowest BCUT2D eigenvalue weighted by atomic mass is 10.1. The molecule has 0 saturated carbocycles. The van der Waals surface area contributed by atoms with Gasteiger partial charge in [0.05, 0.1) is 0 Å². The van der Waals surface area contributed by atoms with Crippen molar-refractivity contribution in [1.82, 2.24) is 20.9 Å². The molecule has 2 unspecified atom stereocenters. The van der Waals surface area contributed by atoms with Crippen LogP contribution in [0.1, 0.15) is 59.8 Å². The van der Waals surface area contributed by atoms with Crippen LogP contribution in [0.25, 0.3) is 0 Å². The molecule has 1 aliphatic rings. The lowest BCUT2D eigenvalue weighted by molar-refractivity contribution is -0.155. The van der Waals surface area contributed by atoms with E-state index in [0.717, 1.165) is 0 Å². The molecule has 0 aromatic heterocycles. The van der Waals surface area contributed by atoms with E-state index in [1.165, 1.54) is 23.6 Å². The molecule has 1 rings (SSSR count). The van der Waals surface area contributed by atoms with Gasteiger partial charge in [0.15, 0.2) is 0 Å². The minimum absolute atomic E-state index is 0.0159. The molecule has 1 fully saturated rings. The third-order valence-electron chi connectivity index (χ3n) is 5.66. The monoisotopic (exact) mass is 575 g/mol. The number of amides is 5. The number of primary amides is 1. The van der Waals surface area contributed by atoms with Crippen molar-refractivity contribution in [3.8, 4) is 0 Å². The van der Waals surface area contributed by atoms with Crippen molar-refractivity contribution in [3.05, 3.63) is 0 Å². The molecular weight excluding hydrogens is 534 g/mol. The maximum Gasteiger partial charge on any atom is 0.306 e. The van der Waals surface area contributed by atoms with Crippen LogP contribution in [0.15, 0.2) is 0 Å². The predicted octanol–water partition coefficient (Wildman–Crippen LogP) is -0.258. The summed E-state index contributed by atoms with van der Waals surface area (Å²) >= 11 is 5.52. The van der Waals surface area contributed by atoms with E-state index >= 15 is 0 Å². The number of nitrogens with two attached hydrogens (primary N) is 1. The molecule has 0 bridgehead atoms. The van der Waals surface area contributed by atoms with Crippen LogP contribution in [0.2, 0.25) is 0 Å². The molecular formula is C24H41N5O7S2. The Morgan fingerprint density at radius 3 is 2.24 bits per heavy atom. The third kappa shape index (κ3) is 11.5. The summed E-state index contributed by atoms with van der Waals surface area (Å²) in [5.41, 5.74) is 4.60. The van der Waals surface area contributed by atoms with Gasteiger partial charge < -0.3 is 31.3 Å². The summed E-state index contributed by atoms with van der Waals surface area (Å²) in [6.07, 6.45) is 2.98. The number of nitrogens with one attached hydrogen (secondary N) is 3. The van der Waals surface area contributed by atoms with Crippen LogP contribution in [-0.4, -0.2) is 94.5 Å². The van der Waals surface area contributed by atoms with Crippen LogP contribution in [0, 0.1) is 0 Å². The van der Waals surface area contributed by atoms with Gasteiger partial charge in [-0.15, -0.1) is 0 Å². The van der Waals surface area contributed by atoms with Crippen LogP contribution in [0.4, 0.5) is 0 Å². The molecule has 5 N–H and O–H groups in total. The number of thiol groups is 1. The summed E-state index contributed by atoms with van der Waals surface area (Å²) in [5, 5.41) is 7.77. The van der Waals surface area contributed by atoms with Crippen molar-refractivity contribution in [1.29, 1.82) is 0 Å². The lowest BCUT2D eigenvalue weighted by Gasteiger charge is -2.30. The second-order valence-corrected chi connectivity index (χ2v) is 11.4. The SMILES string of the molecule is CSCC[C@H](NC(=O)C(CCC(=O)OC(C)(C)C)NC(C)=O)C(=O)N1CCCC1C(=O)N[C@H](CS)C(N)=O. The zero-order valence-corrected chi connectivity index (χ0v) is 24.4. The van der Waals surface area contributed by atoms with E-state index < -0.39 is 65.3 Å². The van der Waals surface area contributed by atoms with Gasteiger partial charge in [-0.05, 0) is 58.5 Å². The van der Waals surface area contributed by atoms with Crippen LogP contribution in [0.3, 0.4) is 0 Å². The van der Waals surface area contributed by atoms with Gasteiger partial charge in [-0.1, -0.05) is 0 Å². The van der Waals surface area contributed by atoms with Crippen molar-refractivity contribution in [3.63, 3.8) is 0 Å². The number of hydrogen-bond acceptors (Lipinski definition) is 9. The predicted molar refractivity (Wildman–Crippen MR) is 147 cm³/mol. The lowest BCUT2D eigenvalue weighted by Crippen LogP contribution is -2.58. The van der Waals surface area contributed by atoms with E-state index in [2.05, 4.69) is 28.6 Å². The average Bonchev–Trinajstić information content (AvgIpc) is 3.30. The highest BCUT2D eigenvalue weighted by molar-refractivity contribution is 7.98. The van der Waals surface area contributed by atoms with Crippen molar-refractivity contribution in [2.24, 2.45) is 5.73 Å². The highest BCUT2D eigenvalue weighted by atomic mass is 32.2.